The zero-order chi connectivity index (χ0) is 11.1. The first kappa shape index (κ1) is 10.2. The van der Waals surface area contributed by atoms with E-state index in [2.05, 4.69) is 5.32 Å². The SMILES string of the molecule is O=C1COCC(=O)N1C1C[C@H]2CC[C@@H](C1)N2. The van der Waals surface area contributed by atoms with Crippen molar-refractivity contribution in [1.29, 1.82) is 0 Å². The van der Waals surface area contributed by atoms with Crippen LogP contribution >= 0.6 is 0 Å². The van der Waals surface area contributed by atoms with Crippen LogP contribution in [0, 0.1) is 0 Å². The van der Waals surface area contributed by atoms with Crippen molar-refractivity contribution in [2.75, 3.05) is 13.2 Å². The molecule has 0 aliphatic carbocycles. The van der Waals surface area contributed by atoms with E-state index in [-0.39, 0.29) is 31.1 Å². The van der Waals surface area contributed by atoms with E-state index in [4.69, 9.17) is 4.74 Å². The molecule has 3 rings (SSSR count). The standard InChI is InChI=1S/C11H16N2O3/c14-10-5-16-6-11(15)13(10)9-3-7-1-2-8(4-9)12-7/h7-9,12H,1-6H2/t7-,8+,9?. The Kier molecular flexibility index (Phi) is 2.44. The number of nitrogens with zero attached hydrogens (tertiary/aromatic N) is 1. The first-order valence-corrected chi connectivity index (χ1v) is 5.92. The predicted octanol–water partition coefficient (Wildman–Crippen LogP) is -0.345. The monoisotopic (exact) mass is 224 g/mol. The Morgan fingerprint density at radius 1 is 1.06 bits per heavy atom. The lowest BCUT2D eigenvalue weighted by atomic mass is 9.97. The summed E-state index contributed by atoms with van der Waals surface area (Å²) in [5.41, 5.74) is 0. The van der Waals surface area contributed by atoms with Crippen LogP contribution < -0.4 is 5.32 Å². The lowest BCUT2D eigenvalue weighted by Gasteiger charge is -2.38. The van der Waals surface area contributed by atoms with E-state index in [1.54, 1.807) is 0 Å². The summed E-state index contributed by atoms with van der Waals surface area (Å²) in [6, 6.07) is 1.09. The normalized spacial score (nSPS) is 39.2. The van der Waals surface area contributed by atoms with Crippen LogP contribution in [0.25, 0.3) is 0 Å². The van der Waals surface area contributed by atoms with Gasteiger partial charge in [0.1, 0.15) is 13.2 Å². The van der Waals surface area contributed by atoms with E-state index in [0.29, 0.717) is 12.1 Å². The molecule has 3 aliphatic rings. The van der Waals surface area contributed by atoms with E-state index in [1.165, 1.54) is 17.7 Å². The van der Waals surface area contributed by atoms with Crippen molar-refractivity contribution < 1.29 is 14.3 Å². The molecule has 88 valence electrons. The van der Waals surface area contributed by atoms with Crippen LogP contribution in [0.15, 0.2) is 0 Å². The van der Waals surface area contributed by atoms with Crippen molar-refractivity contribution in [2.24, 2.45) is 0 Å². The van der Waals surface area contributed by atoms with Gasteiger partial charge in [0.15, 0.2) is 0 Å². The van der Waals surface area contributed by atoms with Crippen molar-refractivity contribution in [2.45, 2.75) is 43.8 Å². The van der Waals surface area contributed by atoms with Gasteiger partial charge in [0.2, 0.25) is 0 Å². The van der Waals surface area contributed by atoms with Gasteiger partial charge < -0.3 is 10.1 Å². The van der Waals surface area contributed by atoms with Crippen LogP contribution in [0.1, 0.15) is 25.7 Å². The summed E-state index contributed by atoms with van der Waals surface area (Å²) in [6.07, 6.45) is 4.17. The van der Waals surface area contributed by atoms with E-state index in [9.17, 15) is 9.59 Å². The number of fused-ring (bicyclic) bond motifs is 2. The smallest absolute Gasteiger partial charge is 0.255 e. The number of carbonyl (C=O) groups is 2. The van der Waals surface area contributed by atoms with Crippen LogP contribution in [-0.2, 0) is 14.3 Å². The number of piperidine rings is 1. The molecular formula is C11H16N2O3. The summed E-state index contributed by atoms with van der Waals surface area (Å²) in [5.74, 6) is -0.329. The third-order valence-electron chi connectivity index (χ3n) is 3.80. The Bertz CT molecular complexity index is 303. The second-order valence-electron chi connectivity index (χ2n) is 4.91. The minimum Gasteiger partial charge on any atom is -0.362 e. The fourth-order valence-corrected chi connectivity index (χ4v) is 3.15. The topological polar surface area (TPSA) is 58.6 Å². The van der Waals surface area contributed by atoms with E-state index in [0.717, 1.165) is 12.8 Å². The molecule has 1 N–H and O–H groups in total. The maximum atomic E-state index is 11.7. The fourth-order valence-electron chi connectivity index (χ4n) is 3.15. The summed E-state index contributed by atoms with van der Waals surface area (Å²) >= 11 is 0. The fraction of sp³-hybridized carbons (Fsp3) is 0.818. The van der Waals surface area contributed by atoms with Crippen molar-refractivity contribution in [1.82, 2.24) is 10.2 Å². The number of imide groups is 1. The van der Waals surface area contributed by atoms with Gasteiger partial charge in [-0.1, -0.05) is 0 Å². The van der Waals surface area contributed by atoms with Gasteiger partial charge in [-0.05, 0) is 25.7 Å². The molecule has 5 heteroatoms. The van der Waals surface area contributed by atoms with Gasteiger partial charge in [-0.15, -0.1) is 0 Å². The van der Waals surface area contributed by atoms with E-state index < -0.39 is 0 Å². The predicted molar refractivity (Wildman–Crippen MR) is 55.6 cm³/mol. The van der Waals surface area contributed by atoms with Crippen molar-refractivity contribution in [3.8, 4) is 0 Å². The van der Waals surface area contributed by atoms with E-state index in [1.807, 2.05) is 0 Å². The minimum atomic E-state index is -0.164. The third kappa shape index (κ3) is 1.64. The number of carbonyl (C=O) groups excluding carboxylic acids is 2. The molecule has 3 heterocycles. The highest BCUT2D eigenvalue weighted by Crippen LogP contribution is 2.30. The molecule has 0 saturated carbocycles. The Labute approximate surface area is 94.1 Å². The number of hydrogen-bond acceptors (Lipinski definition) is 4. The molecule has 0 aromatic carbocycles. The van der Waals surface area contributed by atoms with Gasteiger partial charge in [0.05, 0.1) is 0 Å². The van der Waals surface area contributed by atoms with Crippen molar-refractivity contribution in [3.05, 3.63) is 0 Å². The van der Waals surface area contributed by atoms with Gasteiger partial charge >= 0.3 is 0 Å². The molecule has 3 aliphatic heterocycles. The molecule has 2 bridgehead atoms. The average molecular weight is 224 g/mol. The third-order valence-corrected chi connectivity index (χ3v) is 3.80. The summed E-state index contributed by atoms with van der Waals surface area (Å²) in [5, 5.41) is 3.51. The summed E-state index contributed by atoms with van der Waals surface area (Å²) in [6.45, 7) is 0.121. The van der Waals surface area contributed by atoms with Gasteiger partial charge in [0, 0.05) is 18.1 Å². The largest absolute Gasteiger partial charge is 0.362 e. The molecule has 2 amide bonds. The van der Waals surface area contributed by atoms with Crippen LogP contribution in [0.4, 0.5) is 0 Å². The average Bonchev–Trinajstić information content (AvgIpc) is 2.58. The molecule has 3 saturated heterocycles. The maximum Gasteiger partial charge on any atom is 0.255 e. The summed E-state index contributed by atoms with van der Waals surface area (Å²) < 4.78 is 4.93. The van der Waals surface area contributed by atoms with Crippen molar-refractivity contribution >= 4 is 11.8 Å². The molecule has 16 heavy (non-hydrogen) atoms. The van der Waals surface area contributed by atoms with Crippen molar-refractivity contribution in [3.63, 3.8) is 0 Å². The highest BCUT2D eigenvalue weighted by Gasteiger charge is 2.41. The zero-order valence-electron chi connectivity index (χ0n) is 9.15. The molecule has 3 fully saturated rings. The van der Waals surface area contributed by atoms with Crippen LogP contribution in [0.2, 0.25) is 0 Å². The Balaban J connectivity index is 1.76. The number of morpholine rings is 1. The first-order chi connectivity index (χ1) is 7.74. The van der Waals surface area contributed by atoms with Gasteiger partial charge in [-0.3, -0.25) is 14.5 Å². The number of hydrogen-bond donors (Lipinski definition) is 1. The second-order valence-corrected chi connectivity index (χ2v) is 4.91. The highest BCUT2D eigenvalue weighted by molar-refractivity contribution is 5.98. The quantitative estimate of drug-likeness (QED) is 0.619. The van der Waals surface area contributed by atoms with E-state index >= 15 is 0 Å². The number of rotatable bonds is 1. The van der Waals surface area contributed by atoms with Gasteiger partial charge in [-0.25, -0.2) is 0 Å². The van der Waals surface area contributed by atoms with Crippen LogP contribution in [0.3, 0.4) is 0 Å². The van der Waals surface area contributed by atoms with Crippen LogP contribution in [-0.4, -0.2) is 48.1 Å². The number of ether oxygens (including phenoxy) is 1. The molecule has 0 aromatic rings. The molecule has 0 spiro atoms. The Hall–Kier alpha value is -0.940. The summed E-state index contributed by atoms with van der Waals surface area (Å²) in [4.78, 5) is 24.8. The number of amides is 2. The van der Waals surface area contributed by atoms with Gasteiger partial charge in [-0.2, -0.15) is 0 Å². The molecule has 0 radical (unpaired) electrons. The van der Waals surface area contributed by atoms with Gasteiger partial charge in [0.25, 0.3) is 11.8 Å². The first-order valence-electron chi connectivity index (χ1n) is 5.92. The zero-order valence-corrected chi connectivity index (χ0v) is 9.15. The number of nitrogens with one attached hydrogen (secondary N) is 1. The lowest BCUT2D eigenvalue weighted by Crippen LogP contribution is -2.56. The van der Waals surface area contributed by atoms with Crippen LogP contribution in [0.5, 0.6) is 0 Å². The molecule has 1 unspecified atom stereocenters. The molecule has 0 aromatic heterocycles. The Morgan fingerprint density at radius 2 is 1.62 bits per heavy atom. The maximum absolute atomic E-state index is 11.7. The second kappa shape index (κ2) is 3.82. The molecular weight excluding hydrogens is 208 g/mol. The molecule has 5 nitrogen and oxygen atoms in total. The highest BCUT2D eigenvalue weighted by atomic mass is 16.5. The minimum absolute atomic E-state index is 0.0605. The molecule has 3 atom stereocenters. The Morgan fingerprint density at radius 3 is 2.19 bits per heavy atom. The summed E-state index contributed by atoms with van der Waals surface area (Å²) in [7, 11) is 0. The lowest BCUT2D eigenvalue weighted by molar-refractivity contribution is -0.162.